The summed E-state index contributed by atoms with van der Waals surface area (Å²) in [5.74, 6) is 1.34. The fourth-order valence-corrected chi connectivity index (χ4v) is 2.79. The summed E-state index contributed by atoms with van der Waals surface area (Å²) in [6, 6.07) is 10.4. The molecule has 2 nitrogen and oxygen atoms in total. The number of aromatic nitrogens is 2. The van der Waals surface area contributed by atoms with Gasteiger partial charge in [-0.3, -0.25) is 0 Å². The zero-order chi connectivity index (χ0) is 13.8. The van der Waals surface area contributed by atoms with Crippen molar-refractivity contribution in [3.63, 3.8) is 0 Å². The van der Waals surface area contributed by atoms with Crippen molar-refractivity contribution >= 4 is 23.4 Å². The lowest BCUT2D eigenvalue weighted by Crippen LogP contribution is -1.94. The van der Waals surface area contributed by atoms with E-state index in [-0.39, 0.29) is 0 Å². The molecule has 0 spiro atoms. The molecule has 1 heterocycles. The average molecular weight is 293 g/mol. The lowest BCUT2D eigenvalue weighted by atomic mass is 10.0. The fraction of sp³-hybridized carbons (Fsp3) is 0.333. The summed E-state index contributed by atoms with van der Waals surface area (Å²) >= 11 is 7.61. The Bertz CT molecular complexity index is 553. The minimum Gasteiger partial charge on any atom is -0.226 e. The molecule has 0 aliphatic heterocycles. The SMILES string of the molecule is CCc1nc(Cl)cc(Sc2ccc(C(C)C)cc2)n1. The number of hydrogen-bond acceptors (Lipinski definition) is 3. The third-order valence-electron chi connectivity index (χ3n) is 2.80. The number of aryl methyl sites for hydroxylation is 1. The standard InChI is InChI=1S/C15H17ClN2S/c1-4-14-17-13(16)9-15(18-14)19-12-7-5-11(6-8-12)10(2)3/h5-10H,4H2,1-3H3. The molecule has 19 heavy (non-hydrogen) atoms. The van der Waals surface area contributed by atoms with E-state index in [1.807, 2.05) is 13.0 Å². The van der Waals surface area contributed by atoms with E-state index in [0.29, 0.717) is 11.1 Å². The van der Waals surface area contributed by atoms with Crippen LogP contribution < -0.4 is 0 Å². The first-order valence-electron chi connectivity index (χ1n) is 6.39. The van der Waals surface area contributed by atoms with Gasteiger partial charge < -0.3 is 0 Å². The molecule has 4 heteroatoms. The van der Waals surface area contributed by atoms with Gasteiger partial charge in [0, 0.05) is 17.4 Å². The zero-order valence-corrected chi connectivity index (χ0v) is 12.9. The Balaban J connectivity index is 2.18. The second kappa shape index (κ2) is 6.40. The Labute approximate surface area is 123 Å². The third-order valence-corrected chi connectivity index (χ3v) is 3.92. The van der Waals surface area contributed by atoms with Gasteiger partial charge in [-0.2, -0.15) is 0 Å². The van der Waals surface area contributed by atoms with Gasteiger partial charge in [0.25, 0.3) is 0 Å². The van der Waals surface area contributed by atoms with Crippen LogP contribution >= 0.6 is 23.4 Å². The molecular formula is C15H17ClN2S. The summed E-state index contributed by atoms with van der Waals surface area (Å²) in [4.78, 5) is 9.81. The van der Waals surface area contributed by atoms with E-state index >= 15 is 0 Å². The molecule has 0 saturated heterocycles. The first-order valence-corrected chi connectivity index (χ1v) is 7.59. The van der Waals surface area contributed by atoms with Crippen molar-refractivity contribution in [2.45, 2.75) is 43.0 Å². The van der Waals surface area contributed by atoms with Gasteiger partial charge in [-0.15, -0.1) is 0 Å². The van der Waals surface area contributed by atoms with E-state index in [2.05, 4.69) is 48.1 Å². The minimum atomic E-state index is 0.508. The van der Waals surface area contributed by atoms with Crippen LogP contribution in [0.5, 0.6) is 0 Å². The van der Waals surface area contributed by atoms with Gasteiger partial charge in [-0.05, 0) is 23.6 Å². The first-order chi connectivity index (χ1) is 9.08. The van der Waals surface area contributed by atoms with E-state index in [0.717, 1.165) is 17.3 Å². The summed E-state index contributed by atoms with van der Waals surface area (Å²) < 4.78 is 0. The van der Waals surface area contributed by atoms with Crippen LogP contribution in [0, 0.1) is 0 Å². The van der Waals surface area contributed by atoms with E-state index in [9.17, 15) is 0 Å². The van der Waals surface area contributed by atoms with Crippen LogP contribution in [0.4, 0.5) is 0 Å². The summed E-state index contributed by atoms with van der Waals surface area (Å²) in [5, 5.41) is 1.40. The van der Waals surface area contributed by atoms with Crippen molar-refractivity contribution < 1.29 is 0 Å². The summed E-state index contributed by atoms with van der Waals surface area (Å²) in [6.07, 6.45) is 0.792. The van der Waals surface area contributed by atoms with Crippen LogP contribution in [0.3, 0.4) is 0 Å². The van der Waals surface area contributed by atoms with Crippen LogP contribution in [0.15, 0.2) is 40.3 Å². The van der Waals surface area contributed by atoms with E-state index in [1.54, 1.807) is 11.8 Å². The Morgan fingerprint density at radius 2 is 1.84 bits per heavy atom. The predicted molar refractivity (Wildman–Crippen MR) is 81.1 cm³/mol. The normalized spacial score (nSPS) is 11.0. The second-order valence-corrected chi connectivity index (χ2v) is 6.11. The molecule has 1 aromatic heterocycles. The molecule has 1 aromatic carbocycles. The van der Waals surface area contributed by atoms with Crippen molar-refractivity contribution in [1.29, 1.82) is 0 Å². The molecule has 0 N–H and O–H groups in total. The summed E-state index contributed by atoms with van der Waals surface area (Å²) in [7, 11) is 0. The molecule has 0 saturated carbocycles. The minimum absolute atomic E-state index is 0.508. The van der Waals surface area contributed by atoms with Crippen LogP contribution in [-0.4, -0.2) is 9.97 Å². The largest absolute Gasteiger partial charge is 0.226 e. The molecular weight excluding hydrogens is 276 g/mol. The number of nitrogens with zero attached hydrogens (tertiary/aromatic N) is 2. The number of halogens is 1. The molecule has 2 aromatic rings. The van der Waals surface area contributed by atoms with Crippen LogP contribution in [0.2, 0.25) is 5.15 Å². The highest BCUT2D eigenvalue weighted by molar-refractivity contribution is 7.99. The monoisotopic (exact) mass is 292 g/mol. The molecule has 0 unspecified atom stereocenters. The lowest BCUT2D eigenvalue weighted by Gasteiger charge is -2.07. The maximum Gasteiger partial charge on any atom is 0.133 e. The quantitative estimate of drug-likeness (QED) is 0.744. The van der Waals surface area contributed by atoms with Crippen molar-refractivity contribution in [2.24, 2.45) is 0 Å². The van der Waals surface area contributed by atoms with Crippen molar-refractivity contribution in [1.82, 2.24) is 9.97 Å². The van der Waals surface area contributed by atoms with E-state index in [1.165, 1.54) is 10.5 Å². The van der Waals surface area contributed by atoms with Crippen LogP contribution in [0.25, 0.3) is 0 Å². The van der Waals surface area contributed by atoms with Crippen molar-refractivity contribution in [2.75, 3.05) is 0 Å². The van der Waals surface area contributed by atoms with Gasteiger partial charge >= 0.3 is 0 Å². The number of benzene rings is 1. The molecule has 0 amide bonds. The topological polar surface area (TPSA) is 25.8 Å². The fourth-order valence-electron chi connectivity index (χ4n) is 1.69. The van der Waals surface area contributed by atoms with Gasteiger partial charge in [0.15, 0.2) is 0 Å². The lowest BCUT2D eigenvalue weighted by molar-refractivity contribution is 0.864. The van der Waals surface area contributed by atoms with Gasteiger partial charge in [-0.25, -0.2) is 9.97 Å². The van der Waals surface area contributed by atoms with Crippen molar-refractivity contribution in [3.8, 4) is 0 Å². The molecule has 2 rings (SSSR count). The van der Waals surface area contributed by atoms with Gasteiger partial charge in [-0.1, -0.05) is 56.3 Å². The molecule has 0 radical (unpaired) electrons. The zero-order valence-electron chi connectivity index (χ0n) is 11.4. The maximum absolute atomic E-state index is 6.00. The maximum atomic E-state index is 6.00. The third kappa shape index (κ3) is 3.95. The Kier molecular flexibility index (Phi) is 4.83. The number of rotatable bonds is 4. The Hall–Kier alpha value is -1.06. The first kappa shape index (κ1) is 14.4. The van der Waals surface area contributed by atoms with Gasteiger partial charge in [0.05, 0.1) is 0 Å². The summed E-state index contributed by atoms with van der Waals surface area (Å²) in [6.45, 7) is 6.41. The number of hydrogen-bond donors (Lipinski definition) is 0. The predicted octanol–water partition coefficient (Wildman–Crippen LogP) is 4.97. The molecule has 100 valence electrons. The van der Waals surface area contributed by atoms with Gasteiger partial charge in [0.2, 0.25) is 0 Å². The van der Waals surface area contributed by atoms with E-state index < -0.39 is 0 Å². The van der Waals surface area contributed by atoms with Crippen LogP contribution in [0.1, 0.15) is 38.1 Å². The smallest absolute Gasteiger partial charge is 0.133 e. The molecule has 0 atom stereocenters. The molecule has 0 fully saturated rings. The van der Waals surface area contributed by atoms with Gasteiger partial charge in [0.1, 0.15) is 16.0 Å². The molecule has 0 bridgehead atoms. The highest BCUT2D eigenvalue weighted by atomic mass is 35.5. The van der Waals surface area contributed by atoms with Crippen LogP contribution in [-0.2, 0) is 6.42 Å². The van der Waals surface area contributed by atoms with Crippen molar-refractivity contribution in [3.05, 3.63) is 46.9 Å². The highest BCUT2D eigenvalue weighted by Gasteiger charge is 2.05. The molecule has 0 aliphatic rings. The average Bonchev–Trinajstić information content (AvgIpc) is 2.38. The Morgan fingerprint density at radius 1 is 1.16 bits per heavy atom. The Morgan fingerprint density at radius 3 is 2.42 bits per heavy atom. The summed E-state index contributed by atoms with van der Waals surface area (Å²) in [5.41, 5.74) is 1.35. The highest BCUT2D eigenvalue weighted by Crippen LogP contribution is 2.28. The second-order valence-electron chi connectivity index (χ2n) is 4.62. The van der Waals surface area contributed by atoms with E-state index in [4.69, 9.17) is 11.6 Å². The molecule has 0 aliphatic carbocycles.